The molecule has 1 aromatic heterocycles. The van der Waals surface area contributed by atoms with E-state index in [9.17, 15) is 0 Å². The van der Waals surface area contributed by atoms with Gasteiger partial charge in [0.15, 0.2) is 5.16 Å². The van der Waals surface area contributed by atoms with Crippen molar-refractivity contribution in [3.05, 3.63) is 6.07 Å². The van der Waals surface area contributed by atoms with Crippen molar-refractivity contribution in [2.75, 3.05) is 43.5 Å². The Bertz CT molecular complexity index is 418. The Hall–Kier alpha value is -1.01. The van der Waals surface area contributed by atoms with Gasteiger partial charge < -0.3 is 16.0 Å². The lowest BCUT2D eigenvalue weighted by atomic mass is 9.94. The molecule has 2 heterocycles. The summed E-state index contributed by atoms with van der Waals surface area (Å²) in [6, 6.07) is 1.79. The second kappa shape index (κ2) is 7.69. The third kappa shape index (κ3) is 4.52. The van der Waals surface area contributed by atoms with E-state index in [4.69, 9.17) is 5.73 Å². The molecule has 0 radical (unpaired) electrons. The molecule has 5 nitrogen and oxygen atoms in total. The second-order valence-corrected chi connectivity index (χ2v) is 6.06. The molecule has 0 atom stereocenters. The Kier molecular flexibility index (Phi) is 5.91. The highest BCUT2D eigenvalue weighted by atomic mass is 32.2. The summed E-state index contributed by atoms with van der Waals surface area (Å²) in [4.78, 5) is 11.1. The standard InChI is InChI=1S/C14H25N5S/c1-3-11-4-7-19(8-5-11)9-6-16-13-10-12(15)17-14(18-13)20-2/h10-11H,3-9H2,1-2H3,(H3,15,16,17,18). The van der Waals surface area contributed by atoms with Crippen LogP contribution in [0.2, 0.25) is 0 Å². The number of nitrogens with two attached hydrogens (primary N) is 1. The van der Waals surface area contributed by atoms with E-state index in [2.05, 4.69) is 27.1 Å². The van der Waals surface area contributed by atoms with E-state index in [1.54, 1.807) is 6.07 Å². The minimum atomic E-state index is 0.524. The van der Waals surface area contributed by atoms with E-state index in [0.717, 1.165) is 30.0 Å². The molecule has 0 saturated carbocycles. The monoisotopic (exact) mass is 295 g/mol. The third-order valence-electron chi connectivity index (χ3n) is 3.93. The number of nitrogen functional groups attached to an aromatic ring is 1. The number of likely N-dealkylation sites (tertiary alicyclic amines) is 1. The van der Waals surface area contributed by atoms with Crippen LogP contribution in [0.3, 0.4) is 0 Å². The van der Waals surface area contributed by atoms with Crippen LogP contribution in [0.1, 0.15) is 26.2 Å². The zero-order valence-electron chi connectivity index (χ0n) is 12.4. The first-order valence-corrected chi connectivity index (χ1v) is 8.58. The molecule has 6 heteroatoms. The molecule has 1 aromatic rings. The van der Waals surface area contributed by atoms with E-state index < -0.39 is 0 Å². The summed E-state index contributed by atoms with van der Waals surface area (Å²) in [6.07, 6.45) is 5.96. The van der Waals surface area contributed by atoms with Crippen LogP contribution in [0, 0.1) is 5.92 Å². The number of nitrogens with zero attached hydrogens (tertiary/aromatic N) is 3. The molecule has 1 fully saturated rings. The molecule has 0 spiro atoms. The van der Waals surface area contributed by atoms with Gasteiger partial charge in [0.25, 0.3) is 0 Å². The summed E-state index contributed by atoms with van der Waals surface area (Å²) in [5.41, 5.74) is 5.77. The van der Waals surface area contributed by atoms with E-state index in [1.807, 2.05) is 6.26 Å². The van der Waals surface area contributed by atoms with Crippen molar-refractivity contribution in [1.29, 1.82) is 0 Å². The maximum Gasteiger partial charge on any atom is 0.191 e. The lowest BCUT2D eigenvalue weighted by molar-refractivity contribution is 0.187. The van der Waals surface area contributed by atoms with Crippen molar-refractivity contribution < 1.29 is 0 Å². The van der Waals surface area contributed by atoms with Crippen molar-refractivity contribution in [2.24, 2.45) is 5.92 Å². The van der Waals surface area contributed by atoms with Crippen LogP contribution in [-0.4, -0.2) is 47.3 Å². The van der Waals surface area contributed by atoms with Gasteiger partial charge >= 0.3 is 0 Å². The number of aromatic nitrogens is 2. The van der Waals surface area contributed by atoms with Gasteiger partial charge in [-0.05, 0) is 38.1 Å². The molecule has 3 N–H and O–H groups in total. The third-order valence-corrected chi connectivity index (χ3v) is 4.47. The van der Waals surface area contributed by atoms with Crippen LogP contribution in [0.15, 0.2) is 11.2 Å². The molecule has 1 aliphatic heterocycles. The lowest BCUT2D eigenvalue weighted by Gasteiger charge is -2.31. The smallest absolute Gasteiger partial charge is 0.191 e. The van der Waals surface area contributed by atoms with Crippen molar-refractivity contribution >= 4 is 23.4 Å². The van der Waals surface area contributed by atoms with Crippen LogP contribution in [-0.2, 0) is 0 Å². The molecular weight excluding hydrogens is 270 g/mol. The largest absolute Gasteiger partial charge is 0.383 e. The summed E-state index contributed by atoms with van der Waals surface area (Å²) in [7, 11) is 0. The van der Waals surface area contributed by atoms with E-state index >= 15 is 0 Å². The Morgan fingerprint density at radius 2 is 2.15 bits per heavy atom. The van der Waals surface area contributed by atoms with Gasteiger partial charge in [0.1, 0.15) is 11.6 Å². The molecule has 0 aromatic carbocycles. The zero-order valence-corrected chi connectivity index (χ0v) is 13.2. The zero-order chi connectivity index (χ0) is 14.4. The number of hydrogen-bond donors (Lipinski definition) is 2. The normalized spacial score (nSPS) is 17.3. The average molecular weight is 295 g/mol. The van der Waals surface area contributed by atoms with Gasteiger partial charge in [-0.25, -0.2) is 9.97 Å². The minimum absolute atomic E-state index is 0.524. The molecule has 2 rings (SSSR count). The molecule has 20 heavy (non-hydrogen) atoms. The van der Waals surface area contributed by atoms with Crippen LogP contribution in [0.5, 0.6) is 0 Å². The van der Waals surface area contributed by atoms with E-state index in [-0.39, 0.29) is 0 Å². The lowest BCUT2D eigenvalue weighted by Crippen LogP contribution is -2.36. The predicted octanol–water partition coefficient (Wildman–Crippen LogP) is 2.31. The van der Waals surface area contributed by atoms with Gasteiger partial charge in [0.2, 0.25) is 0 Å². The fourth-order valence-electron chi connectivity index (χ4n) is 2.59. The molecular formula is C14H25N5S. The number of nitrogens with one attached hydrogen (secondary N) is 1. The van der Waals surface area contributed by atoms with Crippen LogP contribution >= 0.6 is 11.8 Å². The predicted molar refractivity (Wildman–Crippen MR) is 86.2 cm³/mol. The molecule has 0 aliphatic carbocycles. The number of piperidine rings is 1. The summed E-state index contributed by atoms with van der Waals surface area (Å²) < 4.78 is 0. The second-order valence-electron chi connectivity index (χ2n) is 5.28. The van der Waals surface area contributed by atoms with E-state index in [1.165, 1.54) is 44.1 Å². The Labute approximate surface area is 125 Å². The Morgan fingerprint density at radius 3 is 2.80 bits per heavy atom. The van der Waals surface area contributed by atoms with Crippen molar-refractivity contribution in [3.63, 3.8) is 0 Å². The fraction of sp³-hybridized carbons (Fsp3) is 0.714. The maximum atomic E-state index is 5.77. The molecule has 1 aliphatic rings. The van der Waals surface area contributed by atoms with Crippen LogP contribution < -0.4 is 11.1 Å². The number of thioether (sulfide) groups is 1. The van der Waals surface area contributed by atoms with E-state index in [0.29, 0.717) is 5.82 Å². The molecule has 0 amide bonds. The first kappa shape index (κ1) is 15.4. The van der Waals surface area contributed by atoms with Gasteiger partial charge in [0, 0.05) is 19.2 Å². The molecule has 112 valence electrons. The number of anilines is 2. The highest BCUT2D eigenvalue weighted by Crippen LogP contribution is 2.19. The number of hydrogen-bond acceptors (Lipinski definition) is 6. The Balaban J connectivity index is 1.74. The quantitative estimate of drug-likeness (QED) is 0.620. The summed E-state index contributed by atoms with van der Waals surface area (Å²) in [6.45, 7) is 6.71. The first-order valence-electron chi connectivity index (χ1n) is 7.36. The fourth-order valence-corrected chi connectivity index (χ4v) is 2.97. The summed E-state index contributed by atoms with van der Waals surface area (Å²) in [5.74, 6) is 2.28. The van der Waals surface area contributed by atoms with Crippen molar-refractivity contribution in [2.45, 2.75) is 31.3 Å². The molecule has 0 unspecified atom stereocenters. The van der Waals surface area contributed by atoms with Crippen molar-refractivity contribution in [1.82, 2.24) is 14.9 Å². The van der Waals surface area contributed by atoms with Crippen LogP contribution in [0.25, 0.3) is 0 Å². The topological polar surface area (TPSA) is 67.1 Å². The highest BCUT2D eigenvalue weighted by molar-refractivity contribution is 7.98. The summed E-state index contributed by atoms with van der Waals surface area (Å²) in [5, 5.41) is 4.07. The van der Waals surface area contributed by atoms with Crippen LogP contribution in [0.4, 0.5) is 11.6 Å². The number of rotatable bonds is 6. The minimum Gasteiger partial charge on any atom is -0.383 e. The van der Waals surface area contributed by atoms with Gasteiger partial charge in [0.05, 0.1) is 0 Å². The SMILES string of the molecule is CCC1CCN(CCNc2cc(N)nc(SC)n2)CC1. The van der Waals surface area contributed by atoms with Crippen molar-refractivity contribution in [3.8, 4) is 0 Å². The van der Waals surface area contributed by atoms with Gasteiger partial charge in [-0.1, -0.05) is 25.1 Å². The average Bonchev–Trinajstić information content (AvgIpc) is 2.47. The molecule has 0 bridgehead atoms. The maximum absolute atomic E-state index is 5.77. The molecule has 1 saturated heterocycles. The van der Waals surface area contributed by atoms with Gasteiger partial charge in [-0.3, -0.25) is 0 Å². The van der Waals surface area contributed by atoms with Gasteiger partial charge in [-0.15, -0.1) is 0 Å². The summed E-state index contributed by atoms with van der Waals surface area (Å²) >= 11 is 1.51. The first-order chi connectivity index (χ1) is 9.71. The Morgan fingerprint density at radius 1 is 1.40 bits per heavy atom. The van der Waals surface area contributed by atoms with Gasteiger partial charge in [-0.2, -0.15) is 0 Å². The highest BCUT2D eigenvalue weighted by Gasteiger charge is 2.17.